The summed E-state index contributed by atoms with van der Waals surface area (Å²) >= 11 is 0. The molecule has 0 saturated carbocycles. The van der Waals surface area contributed by atoms with E-state index in [2.05, 4.69) is 22.6 Å². The molecule has 2 N–H and O–H groups in total. The smallest absolute Gasteiger partial charge is 0.00192 e. The van der Waals surface area contributed by atoms with Crippen molar-refractivity contribution in [2.24, 2.45) is 11.8 Å². The van der Waals surface area contributed by atoms with Gasteiger partial charge in [-0.05, 0) is 77.3 Å². The van der Waals surface area contributed by atoms with E-state index in [9.17, 15) is 0 Å². The number of hydrogen-bond donors (Lipinski definition) is 2. The summed E-state index contributed by atoms with van der Waals surface area (Å²) in [6.07, 6.45) is 5.54. The molecule has 2 saturated heterocycles. The van der Waals surface area contributed by atoms with Gasteiger partial charge in [0.25, 0.3) is 0 Å². The minimum atomic E-state index is 0.898. The largest absolute Gasteiger partial charge is 0.316 e. The van der Waals surface area contributed by atoms with E-state index in [4.69, 9.17) is 0 Å². The molecule has 0 spiro atoms. The average Bonchev–Trinajstić information content (AvgIpc) is 2.72. The lowest BCUT2D eigenvalue weighted by atomic mass is 9.96. The van der Waals surface area contributed by atoms with Crippen LogP contribution in [0.15, 0.2) is 0 Å². The highest BCUT2D eigenvalue weighted by atomic mass is 15.1. The Hall–Kier alpha value is -0.120. The molecule has 2 rings (SSSR count). The van der Waals surface area contributed by atoms with Gasteiger partial charge in [-0.2, -0.15) is 0 Å². The number of nitrogens with one attached hydrogen (secondary N) is 2. The van der Waals surface area contributed by atoms with E-state index in [0.29, 0.717) is 0 Å². The van der Waals surface area contributed by atoms with Crippen LogP contribution in [0.4, 0.5) is 0 Å². The molecule has 2 unspecified atom stereocenters. The molecule has 0 bridgehead atoms. The summed E-state index contributed by atoms with van der Waals surface area (Å²) in [5.74, 6) is 1.82. The topological polar surface area (TPSA) is 27.3 Å². The molecular formula is C13H27N3. The molecule has 0 aromatic carbocycles. The third-order valence-electron chi connectivity index (χ3n) is 4.05. The van der Waals surface area contributed by atoms with Crippen molar-refractivity contribution in [2.45, 2.75) is 25.7 Å². The predicted molar refractivity (Wildman–Crippen MR) is 68.7 cm³/mol. The summed E-state index contributed by atoms with van der Waals surface area (Å²) in [7, 11) is 2.23. The highest BCUT2D eigenvalue weighted by Gasteiger charge is 2.18. The first-order chi connectivity index (χ1) is 7.84. The molecule has 2 aliphatic rings. The molecule has 2 aliphatic heterocycles. The van der Waals surface area contributed by atoms with E-state index in [0.717, 1.165) is 11.8 Å². The lowest BCUT2D eigenvalue weighted by molar-refractivity contribution is 0.344. The van der Waals surface area contributed by atoms with Gasteiger partial charge in [-0.25, -0.2) is 0 Å². The zero-order valence-corrected chi connectivity index (χ0v) is 10.7. The Morgan fingerprint density at radius 2 is 2.25 bits per heavy atom. The number of rotatable bonds is 5. The number of likely N-dealkylation sites (tertiary alicyclic amines) is 1. The van der Waals surface area contributed by atoms with Crippen LogP contribution in [-0.4, -0.2) is 51.2 Å². The van der Waals surface area contributed by atoms with Crippen LogP contribution in [0.2, 0.25) is 0 Å². The maximum atomic E-state index is 3.64. The normalized spacial score (nSPS) is 32.1. The summed E-state index contributed by atoms with van der Waals surface area (Å²) in [4.78, 5) is 2.44. The van der Waals surface area contributed by atoms with Crippen LogP contribution >= 0.6 is 0 Å². The molecule has 0 aromatic heterocycles. The van der Waals surface area contributed by atoms with Gasteiger partial charge >= 0.3 is 0 Å². The second-order valence-electron chi connectivity index (χ2n) is 5.62. The third-order valence-corrected chi connectivity index (χ3v) is 4.05. The Morgan fingerprint density at radius 1 is 1.31 bits per heavy atom. The van der Waals surface area contributed by atoms with Gasteiger partial charge in [0.15, 0.2) is 0 Å². The van der Waals surface area contributed by atoms with Crippen molar-refractivity contribution in [2.75, 3.05) is 46.3 Å². The van der Waals surface area contributed by atoms with Crippen LogP contribution in [0.25, 0.3) is 0 Å². The molecule has 0 aromatic rings. The van der Waals surface area contributed by atoms with Crippen molar-refractivity contribution in [3.05, 3.63) is 0 Å². The summed E-state index contributed by atoms with van der Waals surface area (Å²) in [5.41, 5.74) is 0. The fraction of sp³-hybridized carbons (Fsp3) is 1.00. The van der Waals surface area contributed by atoms with Gasteiger partial charge in [0.1, 0.15) is 0 Å². The van der Waals surface area contributed by atoms with E-state index in [1.165, 1.54) is 65.0 Å². The Bertz CT molecular complexity index is 183. The molecule has 3 heteroatoms. The molecular weight excluding hydrogens is 198 g/mol. The fourth-order valence-electron chi connectivity index (χ4n) is 2.98. The molecule has 16 heavy (non-hydrogen) atoms. The van der Waals surface area contributed by atoms with Crippen LogP contribution in [0.3, 0.4) is 0 Å². The third kappa shape index (κ3) is 4.04. The van der Waals surface area contributed by atoms with Crippen molar-refractivity contribution >= 4 is 0 Å². The molecule has 94 valence electrons. The highest BCUT2D eigenvalue weighted by Crippen LogP contribution is 2.14. The molecule has 2 atom stereocenters. The lowest BCUT2D eigenvalue weighted by Gasteiger charge is -2.23. The number of hydrogen-bond acceptors (Lipinski definition) is 3. The fourth-order valence-corrected chi connectivity index (χ4v) is 2.98. The maximum absolute atomic E-state index is 3.64. The van der Waals surface area contributed by atoms with Crippen LogP contribution in [-0.2, 0) is 0 Å². The standard InChI is InChI=1S/C13H27N3/c1-16-8-5-13(11-16)10-15-7-4-12-3-2-6-14-9-12/h12-15H,2-11H2,1H3. The Morgan fingerprint density at radius 3 is 2.94 bits per heavy atom. The van der Waals surface area contributed by atoms with Gasteiger partial charge in [0, 0.05) is 6.54 Å². The summed E-state index contributed by atoms with van der Waals surface area (Å²) < 4.78 is 0. The van der Waals surface area contributed by atoms with Crippen molar-refractivity contribution in [3.63, 3.8) is 0 Å². The minimum Gasteiger partial charge on any atom is -0.316 e. The SMILES string of the molecule is CN1CCC(CNCCC2CCCNC2)C1. The van der Waals surface area contributed by atoms with Gasteiger partial charge in [-0.15, -0.1) is 0 Å². The first kappa shape index (κ1) is 12.3. The average molecular weight is 225 g/mol. The van der Waals surface area contributed by atoms with E-state index >= 15 is 0 Å². The van der Waals surface area contributed by atoms with Crippen LogP contribution in [0.1, 0.15) is 25.7 Å². The summed E-state index contributed by atoms with van der Waals surface area (Å²) in [6, 6.07) is 0. The van der Waals surface area contributed by atoms with Crippen LogP contribution in [0, 0.1) is 11.8 Å². The van der Waals surface area contributed by atoms with Gasteiger partial charge in [0.05, 0.1) is 0 Å². The molecule has 3 nitrogen and oxygen atoms in total. The van der Waals surface area contributed by atoms with Crippen molar-refractivity contribution in [3.8, 4) is 0 Å². The van der Waals surface area contributed by atoms with Crippen molar-refractivity contribution in [1.29, 1.82) is 0 Å². The van der Waals surface area contributed by atoms with Gasteiger partial charge in [0.2, 0.25) is 0 Å². The Kier molecular flexibility index (Phi) is 5.07. The first-order valence-corrected chi connectivity index (χ1v) is 6.94. The Labute approximate surface area is 100.0 Å². The van der Waals surface area contributed by atoms with E-state index in [-0.39, 0.29) is 0 Å². The monoisotopic (exact) mass is 225 g/mol. The summed E-state index contributed by atoms with van der Waals surface area (Å²) in [5, 5.41) is 7.13. The van der Waals surface area contributed by atoms with E-state index in [1.54, 1.807) is 0 Å². The first-order valence-electron chi connectivity index (χ1n) is 6.94. The summed E-state index contributed by atoms with van der Waals surface area (Å²) in [6.45, 7) is 7.50. The van der Waals surface area contributed by atoms with Crippen molar-refractivity contribution in [1.82, 2.24) is 15.5 Å². The van der Waals surface area contributed by atoms with Gasteiger partial charge < -0.3 is 15.5 Å². The van der Waals surface area contributed by atoms with Gasteiger partial charge in [-0.3, -0.25) is 0 Å². The maximum Gasteiger partial charge on any atom is 0.00192 e. The predicted octanol–water partition coefficient (Wildman–Crippen LogP) is 0.917. The molecule has 2 fully saturated rings. The van der Waals surface area contributed by atoms with Crippen LogP contribution < -0.4 is 10.6 Å². The Balaban J connectivity index is 1.48. The van der Waals surface area contributed by atoms with E-state index in [1.807, 2.05) is 0 Å². The molecule has 0 radical (unpaired) electrons. The van der Waals surface area contributed by atoms with Crippen molar-refractivity contribution < 1.29 is 0 Å². The van der Waals surface area contributed by atoms with Gasteiger partial charge in [-0.1, -0.05) is 0 Å². The zero-order valence-electron chi connectivity index (χ0n) is 10.7. The van der Waals surface area contributed by atoms with E-state index < -0.39 is 0 Å². The van der Waals surface area contributed by atoms with Crippen LogP contribution in [0.5, 0.6) is 0 Å². The number of nitrogens with zero attached hydrogens (tertiary/aromatic N) is 1. The quantitative estimate of drug-likeness (QED) is 0.681. The lowest BCUT2D eigenvalue weighted by Crippen LogP contribution is -2.33. The second kappa shape index (κ2) is 6.58. The highest BCUT2D eigenvalue weighted by molar-refractivity contribution is 4.75. The number of piperidine rings is 1. The zero-order chi connectivity index (χ0) is 11.2. The molecule has 0 aliphatic carbocycles. The molecule has 2 heterocycles. The minimum absolute atomic E-state index is 0.898. The molecule has 0 amide bonds. The second-order valence-corrected chi connectivity index (χ2v) is 5.62.